The van der Waals surface area contributed by atoms with E-state index in [0.29, 0.717) is 0 Å². The third kappa shape index (κ3) is 2.57. The average molecular weight is 275 g/mol. The number of hydrogen-bond donors (Lipinski definition) is 1. The van der Waals surface area contributed by atoms with E-state index in [4.69, 9.17) is 4.42 Å². The number of nitrogens with zero attached hydrogens (tertiary/aromatic N) is 2. The van der Waals surface area contributed by atoms with Crippen LogP contribution in [0.25, 0.3) is 4.96 Å². The molecule has 3 aromatic heterocycles. The second-order valence-electron chi connectivity index (χ2n) is 4.59. The first kappa shape index (κ1) is 12.4. The fourth-order valence-electron chi connectivity index (χ4n) is 2.24. The number of rotatable bonds is 5. The zero-order chi connectivity index (χ0) is 13.2. The summed E-state index contributed by atoms with van der Waals surface area (Å²) < 4.78 is 7.80. The number of furan rings is 1. The van der Waals surface area contributed by atoms with E-state index >= 15 is 0 Å². The van der Waals surface area contributed by atoms with Gasteiger partial charge in [0, 0.05) is 24.2 Å². The summed E-state index contributed by atoms with van der Waals surface area (Å²) in [6.45, 7) is 4.99. The Morgan fingerprint density at radius 2 is 2.37 bits per heavy atom. The predicted octanol–water partition coefficient (Wildman–Crippen LogP) is 3.19. The number of imidazole rings is 1. The van der Waals surface area contributed by atoms with E-state index in [1.54, 1.807) is 11.3 Å². The minimum Gasteiger partial charge on any atom is -0.465 e. The zero-order valence-corrected chi connectivity index (χ0v) is 11.9. The number of thiazole rings is 1. The van der Waals surface area contributed by atoms with Crippen LogP contribution in [0.1, 0.15) is 30.2 Å². The third-order valence-electron chi connectivity index (χ3n) is 3.11. The summed E-state index contributed by atoms with van der Waals surface area (Å²) in [5.41, 5.74) is 1.09. The largest absolute Gasteiger partial charge is 0.465 e. The second-order valence-corrected chi connectivity index (χ2v) is 5.46. The van der Waals surface area contributed by atoms with Crippen LogP contribution in [0.4, 0.5) is 0 Å². The van der Waals surface area contributed by atoms with Crippen LogP contribution in [0.2, 0.25) is 0 Å². The van der Waals surface area contributed by atoms with Crippen molar-refractivity contribution in [1.29, 1.82) is 0 Å². The fraction of sp³-hybridized carbons (Fsp3) is 0.357. The molecule has 0 amide bonds. The normalized spacial score (nSPS) is 13.2. The van der Waals surface area contributed by atoms with Gasteiger partial charge in [-0.15, -0.1) is 11.3 Å². The summed E-state index contributed by atoms with van der Waals surface area (Å²) >= 11 is 1.66. The molecule has 100 valence electrons. The van der Waals surface area contributed by atoms with Crippen molar-refractivity contribution in [2.75, 3.05) is 6.54 Å². The summed E-state index contributed by atoms with van der Waals surface area (Å²) in [6.07, 6.45) is 4.97. The molecular formula is C14H17N3OS. The molecule has 0 aliphatic carbocycles. The maximum absolute atomic E-state index is 5.73. The maximum Gasteiger partial charge on any atom is 0.193 e. The van der Waals surface area contributed by atoms with Gasteiger partial charge >= 0.3 is 0 Å². The second kappa shape index (κ2) is 5.19. The highest BCUT2D eigenvalue weighted by Crippen LogP contribution is 2.21. The third-order valence-corrected chi connectivity index (χ3v) is 3.88. The van der Waals surface area contributed by atoms with Crippen LogP contribution in [-0.4, -0.2) is 15.9 Å². The van der Waals surface area contributed by atoms with Crippen molar-refractivity contribution in [3.05, 3.63) is 47.1 Å². The molecule has 3 heterocycles. The molecule has 0 aromatic carbocycles. The van der Waals surface area contributed by atoms with Gasteiger partial charge in [0.25, 0.3) is 0 Å². The molecule has 19 heavy (non-hydrogen) atoms. The Kier molecular flexibility index (Phi) is 3.40. The molecular weight excluding hydrogens is 258 g/mol. The molecule has 1 atom stereocenters. The molecule has 1 N–H and O–H groups in total. The molecule has 3 aromatic rings. The van der Waals surface area contributed by atoms with Gasteiger partial charge in [0.1, 0.15) is 11.5 Å². The molecule has 0 saturated carbocycles. The van der Waals surface area contributed by atoms with Gasteiger partial charge in [-0.3, -0.25) is 4.40 Å². The van der Waals surface area contributed by atoms with Crippen molar-refractivity contribution in [1.82, 2.24) is 14.7 Å². The smallest absolute Gasteiger partial charge is 0.193 e. The molecule has 5 heteroatoms. The van der Waals surface area contributed by atoms with E-state index in [0.717, 1.165) is 35.1 Å². The van der Waals surface area contributed by atoms with Crippen molar-refractivity contribution in [3.8, 4) is 0 Å². The number of likely N-dealkylation sites (N-methyl/N-ethyl adjacent to an activating group) is 1. The predicted molar refractivity (Wildman–Crippen MR) is 76.6 cm³/mol. The molecule has 4 nitrogen and oxygen atoms in total. The van der Waals surface area contributed by atoms with E-state index in [1.165, 1.54) is 0 Å². The van der Waals surface area contributed by atoms with Crippen molar-refractivity contribution >= 4 is 16.3 Å². The Morgan fingerprint density at radius 1 is 1.47 bits per heavy atom. The van der Waals surface area contributed by atoms with Crippen LogP contribution in [0.3, 0.4) is 0 Å². The first-order valence-electron chi connectivity index (χ1n) is 6.47. The zero-order valence-electron chi connectivity index (χ0n) is 11.1. The number of nitrogens with one attached hydrogen (secondary N) is 1. The van der Waals surface area contributed by atoms with Crippen LogP contribution in [0, 0.1) is 6.92 Å². The lowest BCUT2D eigenvalue weighted by molar-refractivity contribution is 0.402. The van der Waals surface area contributed by atoms with Gasteiger partial charge in [-0.2, -0.15) is 0 Å². The molecule has 0 aliphatic rings. The molecule has 0 saturated heterocycles. The first-order valence-corrected chi connectivity index (χ1v) is 7.35. The van der Waals surface area contributed by atoms with Crippen LogP contribution in [0.5, 0.6) is 0 Å². The monoisotopic (exact) mass is 275 g/mol. The quantitative estimate of drug-likeness (QED) is 0.777. The van der Waals surface area contributed by atoms with Crippen molar-refractivity contribution < 1.29 is 4.42 Å². The van der Waals surface area contributed by atoms with Crippen molar-refractivity contribution in [2.24, 2.45) is 0 Å². The number of aromatic nitrogens is 2. The highest BCUT2D eigenvalue weighted by atomic mass is 32.1. The van der Waals surface area contributed by atoms with E-state index in [1.807, 2.05) is 30.6 Å². The Balaban J connectivity index is 1.82. The topological polar surface area (TPSA) is 42.5 Å². The van der Waals surface area contributed by atoms with Crippen LogP contribution in [-0.2, 0) is 6.42 Å². The van der Waals surface area contributed by atoms with Crippen LogP contribution in [0.15, 0.2) is 34.3 Å². The molecule has 0 fully saturated rings. The van der Waals surface area contributed by atoms with Gasteiger partial charge in [-0.05, 0) is 25.6 Å². The molecule has 3 rings (SSSR count). The Hall–Kier alpha value is -1.59. The van der Waals surface area contributed by atoms with E-state index < -0.39 is 0 Å². The lowest BCUT2D eigenvalue weighted by Gasteiger charge is -2.14. The van der Waals surface area contributed by atoms with Gasteiger partial charge in [0.2, 0.25) is 0 Å². The summed E-state index contributed by atoms with van der Waals surface area (Å²) in [7, 11) is 0. The summed E-state index contributed by atoms with van der Waals surface area (Å²) in [5.74, 6) is 1.93. The van der Waals surface area contributed by atoms with Crippen molar-refractivity contribution in [3.63, 3.8) is 0 Å². The van der Waals surface area contributed by atoms with E-state index in [2.05, 4.69) is 27.8 Å². The van der Waals surface area contributed by atoms with Crippen molar-refractivity contribution in [2.45, 2.75) is 26.3 Å². The number of aryl methyl sites for hydroxylation is 1. The molecule has 0 aliphatic heterocycles. The van der Waals surface area contributed by atoms with Gasteiger partial charge in [0.15, 0.2) is 4.96 Å². The Bertz CT molecular complexity index is 638. The number of fused-ring (bicyclic) bond motifs is 1. The number of hydrogen-bond acceptors (Lipinski definition) is 4. The molecule has 0 spiro atoms. The van der Waals surface area contributed by atoms with Gasteiger partial charge in [-0.1, -0.05) is 6.92 Å². The first-order chi connectivity index (χ1) is 9.26. The lowest BCUT2D eigenvalue weighted by Crippen LogP contribution is -2.22. The average Bonchev–Trinajstić information content (AvgIpc) is 3.03. The maximum atomic E-state index is 5.73. The van der Waals surface area contributed by atoms with Crippen LogP contribution < -0.4 is 5.32 Å². The molecule has 0 bridgehead atoms. The SMILES string of the molecule is CCNC(Cc1cn2ccsc2n1)c1ccc(C)o1. The van der Waals surface area contributed by atoms with Gasteiger partial charge in [0.05, 0.1) is 11.7 Å². The minimum atomic E-state index is 0.184. The summed E-state index contributed by atoms with van der Waals surface area (Å²) in [5, 5.41) is 5.50. The van der Waals surface area contributed by atoms with E-state index in [-0.39, 0.29) is 6.04 Å². The van der Waals surface area contributed by atoms with Gasteiger partial charge in [-0.25, -0.2) is 4.98 Å². The highest BCUT2D eigenvalue weighted by molar-refractivity contribution is 7.15. The molecule has 0 radical (unpaired) electrons. The summed E-state index contributed by atoms with van der Waals surface area (Å²) in [6, 6.07) is 4.23. The highest BCUT2D eigenvalue weighted by Gasteiger charge is 2.16. The van der Waals surface area contributed by atoms with E-state index in [9.17, 15) is 0 Å². The summed E-state index contributed by atoms with van der Waals surface area (Å²) in [4.78, 5) is 5.67. The Morgan fingerprint density at radius 3 is 3.05 bits per heavy atom. The Labute approximate surface area is 116 Å². The lowest BCUT2D eigenvalue weighted by atomic mass is 10.1. The standard InChI is InChI=1S/C14H17N3OS/c1-3-15-12(13-5-4-10(2)18-13)8-11-9-17-6-7-19-14(17)16-11/h4-7,9,12,15H,3,8H2,1-2H3. The minimum absolute atomic E-state index is 0.184. The van der Waals surface area contributed by atoms with Crippen LogP contribution >= 0.6 is 11.3 Å². The molecule has 1 unspecified atom stereocenters. The van der Waals surface area contributed by atoms with Gasteiger partial charge < -0.3 is 9.73 Å². The fourth-order valence-corrected chi connectivity index (χ4v) is 2.96.